The summed E-state index contributed by atoms with van der Waals surface area (Å²) >= 11 is 0. The summed E-state index contributed by atoms with van der Waals surface area (Å²) in [6.45, 7) is 4.81. The molecule has 0 bridgehead atoms. The van der Waals surface area contributed by atoms with Crippen LogP contribution in [0.3, 0.4) is 0 Å². The van der Waals surface area contributed by atoms with Gasteiger partial charge in [0.15, 0.2) is 0 Å². The molecule has 0 aliphatic carbocycles. The van der Waals surface area contributed by atoms with Crippen LogP contribution < -0.4 is 10.2 Å². The molecular formula is C15H19N3O. The van der Waals surface area contributed by atoms with Gasteiger partial charge >= 0.3 is 0 Å². The monoisotopic (exact) mass is 257 g/mol. The summed E-state index contributed by atoms with van der Waals surface area (Å²) < 4.78 is 5.60. The largest absolute Gasteiger partial charge is 0.388 e. The molecular weight excluding hydrogens is 238 g/mol. The molecule has 0 spiro atoms. The van der Waals surface area contributed by atoms with Gasteiger partial charge in [0, 0.05) is 43.1 Å². The number of morpholine rings is 1. The molecule has 2 heterocycles. The zero-order valence-corrected chi connectivity index (χ0v) is 11.4. The van der Waals surface area contributed by atoms with E-state index in [1.807, 2.05) is 19.3 Å². The van der Waals surface area contributed by atoms with Gasteiger partial charge in [-0.3, -0.25) is 4.98 Å². The van der Waals surface area contributed by atoms with Gasteiger partial charge in [-0.1, -0.05) is 0 Å². The minimum absolute atomic E-state index is 0.294. The number of aromatic nitrogens is 1. The van der Waals surface area contributed by atoms with Gasteiger partial charge in [0.1, 0.15) is 0 Å². The molecule has 1 N–H and O–H groups in total. The summed E-state index contributed by atoms with van der Waals surface area (Å²) in [6.07, 6.45) is 2.13. The predicted octanol–water partition coefficient (Wildman–Crippen LogP) is 2.50. The maximum atomic E-state index is 5.60. The lowest BCUT2D eigenvalue weighted by Crippen LogP contribution is -2.41. The van der Waals surface area contributed by atoms with Crippen molar-refractivity contribution in [1.29, 1.82) is 0 Å². The van der Waals surface area contributed by atoms with Crippen molar-refractivity contribution in [3.05, 3.63) is 30.5 Å². The van der Waals surface area contributed by atoms with Crippen molar-refractivity contribution >= 4 is 22.3 Å². The highest BCUT2D eigenvalue weighted by molar-refractivity contribution is 5.93. The Bertz CT molecular complexity index is 585. The first-order valence-electron chi connectivity index (χ1n) is 6.71. The smallest absolute Gasteiger partial charge is 0.0724 e. The van der Waals surface area contributed by atoms with E-state index in [0.717, 1.165) is 30.9 Å². The number of hydrogen-bond donors (Lipinski definition) is 1. The Kier molecular flexibility index (Phi) is 3.25. The second kappa shape index (κ2) is 5.05. The van der Waals surface area contributed by atoms with Crippen LogP contribution in [0.1, 0.15) is 6.92 Å². The number of rotatable bonds is 2. The van der Waals surface area contributed by atoms with Crippen LogP contribution in [0.2, 0.25) is 0 Å². The van der Waals surface area contributed by atoms with E-state index in [1.165, 1.54) is 11.1 Å². The average Bonchev–Trinajstić information content (AvgIpc) is 2.46. The molecule has 100 valence electrons. The lowest BCUT2D eigenvalue weighted by Gasteiger charge is -2.33. The number of nitrogens with one attached hydrogen (secondary N) is 1. The third-order valence-corrected chi connectivity index (χ3v) is 3.60. The van der Waals surface area contributed by atoms with Gasteiger partial charge in [-0.15, -0.1) is 0 Å². The molecule has 1 unspecified atom stereocenters. The Hall–Kier alpha value is -1.81. The third-order valence-electron chi connectivity index (χ3n) is 3.60. The number of hydrogen-bond acceptors (Lipinski definition) is 4. The van der Waals surface area contributed by atoms with Crippen LogP contribution in [0.4, 0.5) is 11.4 Å². The van der Waals surface area contributed by atoms with Crippen LogP contribution in [0.5, 0.6) is 0 Å². The number of fused-ring (bicyclic) bond motifs is 1. The van der Waals surface area contributed by atoms with E-state index in [-0.39, 0.29) is 0 Å². The summed E-state index contributed by atoms with van der Waals surface area (Å²) in [5, 5.41) is 4.39. The Labute approximate surface area is 113 Å². The third kappa shape index (κ3) is 2.36. The number of ether oxygens (including phenoxy) is 1. The second-order valence-corrected chi connectivity index (χ2v) is 4.94. The molecule has 1 aliphatic heterocycles. The molecule has 3 rings (SSSR count). The topological polar surface area (TPSA) is 37.4 Å². The molecule has 1 aromatic carbocycles. The van der Waals surface area contributed by atoms with Gasteiger partial charge in [0.2, 0.25) is 0 Å². The molecule has 4 nitrogen and oxygen atoms in total. The van der Waals surface area contributed by atoms with Crippen LogP contribution in [-0.4, -0.2) is 37.8 Å². The molecule has 0 radical (unpaired) electrons. The summed E-state index contributed by atoms with van der Waals surface area (Å²) in [6, 6.07) is 8.46. The quantitative estimate of drug-likeness (QED) is 0.897. The van der Waals surface area contributed by atoms with Crippen molar-refractivity contribution < 1.29 is 4.74 Å². The van der Waals surface area contributed by atoms with Crippen molar-refractivity contribution in [2.45, 2.75) is 13.0 Å². The van der Waals surface area contributed by atoms with E-state index in [0.29, 0.717) is 6.10 Å². The first-order chi connectivity index (χ1) is 9.28. The fourth-order valence-corrected chi connectivity index (χ4v) is 2.60. The molecule has 19 heavy (non-hydrogen) atoms. The molecule has 1 aliphatic rings. The molecule has 1 aromatic heterocycles. The van der Waals surface area contributed by atoms with Crippen LogP contribution in [0, 0.1) is 0 Å². The first-order valence-corrected chi connectivity index (χ1v) is 6.71. The van der Waals surface area contributed by atoms with Gasteiger partial charge in [-0.25, -0.2) is 0 Å². The highest BCUT2D eigenvalue weighted by atomic mass is 16.5. The second-order valence-electron chi connectivity index (χ2n) is 4.94. The number of pyridine rings is 1. The zero-order valence-electron chi connectivity index (χ0n) is 11.4. The standard InChI is InChI=1S/C15H19N3O/c1-11-10-18(7-8-19-11)12-3-4-15-13(9-12)14(16-2)5-6-17-15/h3-6,9,11H,7-8,10H2,1-2H3,(H,16,17). The molecule has 1 saturated heterocycles. The Morgan fingerprint density at radius 2 is 2.26 bits per heavy atom. The van der Waals surface area contributed by atoms with Gasteiger partial charge in [0.25, 0.3) is 0 Å². The summed E-state index contributed by atoms with van der Waals surface area (Å²) in [5.74, 6) is 0. The van der Waals surface area contributed by atoms with E-state index in [4.69, 9.17) is 4.74 Å². The Morgan fingerprint density at radius 3 is 3.05 bits per heavy atom. The van der Waals surface area contributed by atoms with Crippen molar-refractivity contribution in [3.63, 3.8) is 0 Å². The van der Waals surface area contributed by atoms with Crippen LogP contribution >= 0.6 is 0 Å². The van der Waals surface area contributed by atoms with Crippen molar-refractivity contribution in [2.24, 2.45) is 0 Å². The first kappa shape index (κ1) is 12.2. The molecule has 0 saturated carbocycles. The van der Waals surface area contributed by atoms with Crippen LogP contribution in [0.15, 0.2) is 30.5 Å². The van der Waals surface area contributed by atoms with E-state index in [9.17, 15) is 0 Å². The fraction of sp³-hybridized carbons (Fsp3) is 0.400. The summed E-state index contributed by atoms with van der Waals surface area (Å²) in [4.78, 5) is 6.78. The van der Waals surface area contributed by atoms with E-state index in [2.05, 4.69) is 40.3 Å². The van der Waals surface area contributed by atoms with E-state index < -0.39 is 0 Å². The summed E-state index contributed by atoms with van der Waals surface area (Å²) in [7, 11) is 1.94. The number of benzene rings is 1. The molecule has 4 heteroatoms. The maximum Gasteiger partial charge on any atom is 0.0724 e. The van der Waals surface area contributed by atoms with Gasteiger partial charge in [0.05, 0.1) is 18.2 Å². The molecule has 1 fully saturated rings. The van der Waals surface area contributed by atoms with Crippen molar-refractivity contribution in [3.8, 4) is 0 Å². The Balaban J connectivity index is 2.00. The Morgan fingerprint density at radius 1 is 1.37 bits per heavy atom. The van der Waals surface area contributed by atoms with E-state index >= 15 is 0 Å². The number of nitrogens with zero attached hydrogens (tertiary/aromatic N) is 2. The normalized spacial score (nSPS) is 19.7. The lowest BCUT2D eigenvalue weighted by atomic mass is 10.1. The minimum Gasteiger partial charge on any atom is -0.388 e. The van der Waals surface area contributed by atoms with Gasteiger partial charge < -0.3 is 15.0 Å². The van der Waals surface area contributed by atoms with Crippen LogP contribution in [-0.2, 0) is 4.74 Å². The zero-order chi connectivity index (χ0) is 13.2. The summed E-state index contributed by atoms with van der Waals surface area (Å²) in [5.41, 5.74) is 3.39. The maximum absolute atomic E-state index is 5.60. The molecule has 0 amide bonds. The van der Waals surface area contributed by atoms with E-state index in [1.54, 1.807) is 0 Å². The van der Waals surface area contributed by atoms with Crippen molar-refractivity contribution in [2.75, 3.05) is 37.0 Å². The van der Waals surface area contributed by atoms with Crippen LogP contribution in [0.25, 0.3) is 10.9 Å². The fourth-order valence-electron chi connectivity index (χ4n) is 2.60. The van der Waals surface area contributed by atoms with Crippen molar-refractivity contribution in [1.82, 2.24) is 4.98 Å². The molecule has 2 aromatic rings. The highest BCUT2D eigenvalue weighted by Crippen LogP contribution is 2.27. The lowest BCUT2D eigenvalue weighted by molar-refractivity contribution is 0.0532. The van der Waals surface area contributed by atoms with Gasteiger partial charge in [-0.05, 0) is 31.2 Å². The predicted molar refractivity (Wildman–Crippen MR) is 78.9 cm³/mol. The number of anilines is 2. The average molecular weight is 257 g/mol. The molecule has 1 atom stereocenters. The van der Waals surface area contributed by atoms with Gasteiger partial charge in [-0.2, -0.15) is 0 Å². The highest BCUT2D eigenvalue weighted by Gasteiger charge is 2.17. The minimum atomic E-state index is 0.294. The SMILES string of the molecule is CNc1ccnc2ccc(N3CCOC(C)C3)cc12.